The number of fused-ring (bicyclic) bond motifs is 1. The van der Waals surface area contributed by atoms with Crippen LogP contribution in [0.1, 0.15) is 0 Å². The van der Waals surface area contributed by atoms with E-state index in [1.165, 1.54) is 0 Å². The van der Waals surface area contributed by atoms with Crippen LogP contribution in [0.25, 0.3) is 10.8 Å². The van der Waals surface area contributed by atoms with E-state index in [-0.39, 0.29) is 13.2 Å². The van der Waals surface area contributed by atoms with E-state index in [1.54, 1.807) is 12.1 Å². The molecule has 0 unspecified atom stereocenters. The number of alkyl halides is 2. The minimum Gasteiger partial charge on any atom is -0.490 e. The lowest BCUT2D eigenvalue weighted by Crippen LogP contribution is -2.28. The van der Waals surface area contributed by atoms with Gasteiger partial charge in [-0.2, -0.15) is 8.78 Å². The number of rotatable bonds is 8. The normalized spacial score (nSPS) is 11.4. The summed E-state index contributed by atoms with van der Waals surface area (Å²) in [6.45, 7) is -0.468. The maximum absolute atomic E-state index is 13.1. The van der Waals surface area contributed by atoms with Crippen LogP contribution in [0, 0.1) is 0 Å². The van der Waals surface area contributed by atoms with Gasteiger partial charge in [-0.05, 0) is 22.9 Å². The van der Waals surface area contributed by atoms with E-state index in [0.717, 1.165) is 10.8 Å². The van der Waals surface area contributed by atoms with Crippen molar-refractivity contribution in [2.24, 2.45) is 0 Å². The minimum absolute atomic E-state index is 0.0951. The largest absolute Gasteiger partial charge is 0.490 e. The van der Waals surface area contributed by atoms with Crippen molar-refractivity contribution in [3.8, 4) is 5.75 Å². The van der Waals surface area contributed by atoms with E-state index in [4.69, 9.17) is 9.99 Å². The van der Waals surface area contributed by atoms with Crippen LogP contribution in [0.4, 0.5) is 8.78 Å². The topological polar surface area (TPSA) is 74.2 Å². The monoisotopic (exact) mass is 346 g/mol. The molecule has 0 aromatic heterocycles. The average Bonchev–Trinajstić information content (AvgIpc) is 2.56. The van der Waals surface area contributed by atoms with Gasteiger partial charge in [-0.25, -0.2) is 10.1 Å². The summed E-state index contributed by atoms with van der Waals surface area (Å²) in [6.07, 6.45) is 0. The SMILES string of the molecule is O=C(OCCOc1ccc2ccccc2c1)C(F)(F)SOOO. The summed E-state index contributed by atoms with van der Waals surface area (Å²) in [7, 11) is 0. The molecule has 0 fully saturated rings. The number of hydrogen-bond donors (Lipinski definition) is 1. The van der Waals surface area contributed by atoms with Crippen LogP contribution in [0.15, 0.2) is 42.5 Å². The second-order valence-electron chi connectivity index (χ2n) is 4.24. The van der Waals surface area contributed by atoms with E-state index < -0.39 is 23.3 Å². The molecule has 0 heterocycles. The predicted octanol–water partition coefficient (Wildman–Crippen LogP) is 3.42. The fourth-order valence-electron chi connectivity index (χ4n) is 1.73. The first-order chi connectivity index (χ1) is 11.0. The molecule has 2 aromatic carbocycles. The van der Waals surface area contributed by atoms with Crippen LogP contribution in [0.2, 0.25) is 0 Å². The van der Waals surface area contributed by atoms with Gasteiger partial charge in [0.05, 0.1) is 0 Å². The van der Waals surface area contributed by atoms with Crippen LogP contribution in [-0.4, -0.2) is 29.7 Å². The van der Waals surface area contributed by atoms with Gasteiger partial charge in [0, 0.05) is 0 Å². The molecule has 0 saturated heterocycles. The average molecular weight is 346 g/mol. The molecule has 124 valence electrons. The molecule has 6 nitrogen and oxygen atoms in total. The van der Waals surface area contributed by atoms with Crippen molar-refractivity contribution in [3.63, 3.8) is 0 Å². The van der Waals surface area contributed by atoms with Crippen LogP contribution >= 0.6 is 12.0 Å². The fourth-order valence-corrected chi connectivity index (χ4v) is 1.97. The molecule has 2 rings (SSSR count). The highest BCUT2D eigenvalue weighted by Gasteiger charge is 2.44. The molecule has 0 aliphatic rings. The first-order valence-corrected chi connectivity index (χ1v) is 7.09. The molecular formula is C14H12F2O6S. The zero-order chi connectivity index (χ0) is 16.7. The Labute approximate surface area is 134 Å². The second kappa shape index (κ2) is 8.06. The van der Waals surface area contributed by atoms with Gasteiger partial charge >= 0.3 is 11.2 Å². The molecule has 0 aliphatic heterocycles. The second-order valence-corrected chi connectivity index (χ2v) is 5.05. The number of carbonyl (C=O) groups is 1. The molecule has 23 heavy (non-hydrogen) atoms. The van der Waals surface area contributed by atoms with Crippen LogP contribution in [0.3, 0.4) is 0 Å². The van der Waals surface area contributed by atoms with Crippen molar-refractivity contribution in [2.75, 3.05) is 13.2 Å². The molecule has 0 radical (unpaired) electrons. The summed E-state index contributed by atoms with van der Waals surface area (Å²) in [5, 5.41) is 8.77. The van der Waals surface area contributed by atoms with E-state index >= 15 is 0 Å². The van der Waals surface area contributed by atoms with Gasteiger partial charge in [0.25, 0.3) is 0 Å². The highest BCUT2D eigenvalue weighted by atomic mass is 32.2. The van der Waals surface area contributed by atoms with Crippen molar-refractivity contribution in [1.82, 2.24) is 0 Å². The van der Waals surface area contributed by atoms with Gasteiger partial charge in [0.15, 0.2) is 0 Å². The number of halogens is 2. The standard InChI is InChI=1S/C14H12F2O6S/c15-14(16,23-22-21-18)13(17)20-8-7-19-12-6-5-10-3-1-2-4-11(10)9-12/h1-6,9,18H,7-8H2. The van der Waals surface area contributed by atoms with Crippen LogP contribution in [-0.2, 0) is 18.9 Å². The summed E-state index contributed by atoms with van der Waals surface area (Å²) >= 11 is -0.678. The summed E-state index contributed by atoms with van der Waals surface area (Å²) in [5.41, 5.74) is 0. The highest BCUT2D eigenvalue weighted by Crippen LogP contribution is 2.31. The number of benzene rings is 2. The van der Waals surface area contributed by atoms with Gasteiger partial charge in [-0.15, -0.1) is 4.33 Å². The maximum Gasteiger partial charge on any atom is 0.415 e. The van der Waals surface area contributed by atoms with Gasteiger partial charge in [-0.3, -0.25) is 0 Å². The lowest BCUT2D eigenvalue weighted by Gasteiger charge is -2.12. The zero-order valence-corrected chi connectivity index (χ0v) is 12.4. The smallest absolute Gasteiger partial charge is 0.415 e. The van der Waals surface area contributed by atoms with Crippen molar-refractivity contribution in [1.29, 1.82) is 0 Å². The van der Waals surface area contributed by atoms with E-state index in [1.807, 2.05) is 30.3 Å². The molecule has 9 heteroatoms. The van der Waals surface area contributed by atoms with E-state index in [0.29, 0.717) is 5.75 Å². The lowest BCUT2D eigenvalue weighted by atomic mass is 10.1. The highest BCUT2D eigenvalue weighted by molar-refractivity contribution is 7.96. The van der Waals surface area contributed by atoms with E-state index in [2.05, 4.69) is 14.1 Å². The summed E-state index contributed by atoms with van der Waals surface area (Å²) in [6, 6.07) is 13.0. The van der Waals surface area contributed by atoms with Crippen LogP contribution in [0.5, 0.6) is 5.75 Å². The third-order valence-electron chi connectivity index (χ3n) is 2.71. The predicted molar refractivity (Wildman–Crippen MR) is 77.7 cm³/mol. The summed E-state index contributed by atoms with van der Waals surface area (Å²) in [4.78, 5) is 11.1. The molecule has 0 amide bonds. The summed E-state index contributed by atoms with van der Waals surface area (Å²) in [5.74, 6) is -1.31. The quantitative estimate of drug-likeness (QED) is 0.258. The third-order valence-corrected chi connectivity index (χ3v) is 3.22. The number of ether oxygens (including phenoxy) is 2. The maximum atomic E-state index is 13.1. The molecule has 0 aliphatic carbocycles. The first kappa shape index (κ1) is 17.4. The Kier molecular flexibility index (Phi) is 6.11. The Morgan fingerprint density at radius 1 is 1.13 bits per heavy atom. The summed E-state index contributed by atoms with van der Waals surface area (Å²) < 4.78 is 39.3. The lowest BCUT2D eigenvalue weighted by molar-refractivity contribution is -0.433. The van der Waals surface area contributed by atoms with Crippen molar-refractivity contribution in [2.45, 2.75) is 5.25 Å². The van der Waals surface area contributed by atoms with Gasteiger partial charge in [-0.1, -0.05) is 35.4 Å². The van der Waals surface area contributed by atoms with Crippen LogP contribution < -0.4 is 4.74 Å². The molecular weight excluding hydrogens is 334 g/mol. The Hall–Kier alpha value is -1.94. The number of esters is 1. The molecule has 1 N–H and O–H groups in total. The zero-order valence-electron chi connectivity index (χ0n) is 11.6. The Morgan fingerprint density at radius 2 is 1.87 bits per heavy atom. The number of carbonyl (C=O) groups excluding carboxylic acids is 1. The molecule has 0 spiro atoms. The molecule has 0 bridgehead atoms. The fraction of sp³-hybridized carbons (Fsp3) is 0.214. The number of hydrogen-bond acceptors (Lipinski definition) is 7. The third kappa shape index (κ3) is 5.03. The van der Waals surface area contributed by atoms with E-state index in [9.17, 15) is 13.6 Å². The Morgan fingerprint density at radius 3 is 2.61 bits per heavy atom. The first-order valence-electron chi connectivity index (χ1n) is 6.35. The van der Waals surface area contributed by atoms with Gasteiger partial charge in [0.2, 0.25) is 0 Å². The Bertz CT molecular complexity index is 667. The molecule has 0 atom stereocenters. The molecule has 2 aromatic rings. The van der Waals surface area contributed by atoms with Crippen molar-refractivity contribution >= 4 is 28.8 Å². The Balaban J connectivity index is 1.79. The van der Waals surface area contributed by atoms with Crippen molar-refractivity contribution < 1.29 is 37.7 Å². The van der Waals surface area contributed by atoms with Gasteiger partial charge < -0.3 is 9.47 Å². The molecule has 0 saturated carbocycles. The van der Waals surface area contributed by atoms with Gasteiger partial charge in [0.1, 0.15) is 31.0 Å². The minimum atomic E-state index is -4.01. The van der Waals surface area contributed by atoms with Crippen molar-refractivity contribution in [3.05, 3.63) is 42.5 Å².